The van der Waals surface area contributed by atoms with E-state index in [0.29, 0.717) is 11.0 Å². The molecule has 9 heteroatoms. The summed E-state index contributed by atoms with van der Waals surface area (Å²) in [5.41, 5.74) is 0. The molecule has 0 aliphatic carbocycles. The minimum atomic E-state index is -4.46. The number of hydrogen-bond acceptors (Lipinski definition) is 7. The number of ether oxygens (including phenoxy) is 1. The molecule has 0 aromatic carbocycles. The molecule has 0 fully saturated rings. The van der Waals surface area contributed by atoms with Gasteiger partial charge in [0.1, 0.15) is 25.9 Å². The van der Waals surface area contributed by atoms with Crippen molar-refractivity contribution in [1.82, 2.24) is 0 Å². The number of unbranched alkanes of at least 4 members (excludes halogenated alkanes) is 2. The maximum absolute atomic E-state index is 11.5. The van der Waals surface area contributed by atoms with Crippen molar-refractivity contribution < 1.29 is 37.6 Å². The standard InChI is InChI=1S/C14H30NO7P/c1-5-6-7-8-14(17)20-11-13(16)12-22-23(18,19)21-10-9-15(2,3)4/h13,16H,5-12H2,1-4H3. The number of phosphoric ester groups is 1. The van der Waals surface area contributed by atoms with Crippen molar-refractivity contribution in [2.45, 2.75) is 38.7 Å². The molecule has 0 aromatic heterocycles. The highest BCUT2D eigenvalue weighted by molar-refractivity contribution is 7.45. The number of carbonyl (C=O) groups is 1. The van der Waals surface area contributed by atoms with Crippen LogP contribution in [0.5, 0.6) is 0 Å². The fourth-order valence-electron chi connectivity index (χ4n) is 1.47. The van der Waals surface area contributed by atoms with Crippen LogP contribution in [0.4, 0.5) is 0 Å². The molecule has 0 aliphatic rings. The number of hydrogen-bond donors (Lipinski definition) is 1. The first-order valence-corrected chi connectivity index (χ1v) is 9.26. The Bertz CT molecular complexity index is 384. The lowest BCUT2D eigenvalue weighted by Crippen LogP contribution is -2.37. The van der Waals surface area contributed by atoms with Gasteiger partial charge in [0.25, 0.3) is 7.82 Å². The van der Waals surface area contributed by atoms with Crippen molar-refractivity contribution in [1.29, 1.82) is 0 Å². The number of quaternary nitrogens is 1. The van der Waals surface area contributed by atoms with Crippen molar-refractivity contribution >= 4 is 13.8 Å². The third-order valence-corrected chi connectivity index (χ3v) is 3.82. The highest BCUT2D eigenvalue weighted by atomic mass is 31.2. The Labute approximate surface area is 138 Å². The molecule has 1 N–H and O–H groups in total. The topological polar surface area (TPSA) is 105 Å². The molecule has 138 valence electrons. The lowest BCUT2D eigenvalue weighted by Gasteiger charge is -2.27. The van der Waals surface area contributed by atoms with Crippen molar-refractivity contribution in [2.75, 3.05) is 47.5 Å². The van der Waals surface area contributed by atoms with Crippen LogP contribution in [0.1, 0.15) is 32.6 Å². The molecule has 0 rings (SSSR count). The van der Waals surface area contributed by atoms with Gasteiger partial charge in [0, 0.05) is 6.42 Å². The largest absolute Gasteiger partial charge is 0.756 e. The smallest absolute Gasteiger partial charge is 0.305 e. The van der Waals surface area contributed by atoms with E-state index in [1.54, 1.807) is 0 Å². The van der Waals surface area contributed by atoms with Crippen LogP contribution in [0.2, 0.25) is 0 Å². The molecule has 0 radical (unpaired) electrons. The summed E-state index contributed by atoms with van der Waals surface area (Å²) in [6.07, 6.45) is 1.74. The van der Waals surface area contributed by atoms with Gasteiger partial charge in [-0.2, -0.15) is 0 Å². The second kappa shape index (κ2) is 11.1. The number of phosphoric acid groups is 1. The fraction of sp³-hybridized carbons (Fsp3) is 0.929. The van der Waals surface area contributed by atoms with Crippen LogP contribution in [0.3, 0.4) is 0 Å². The molecular weight excluding hydrogens is 325 g/mol. The van der Waals surface area contributed by atoms with E-state index in [9.17, 15) is 19.4 Å². The van der Waals surface area contributed by atoms with E-state index in [2.05, 4.69) is 4.52 Å². The van der Waals surface area contributed by atoms with E-state index in [4.69, 9.17) is 9.26 Å². The quantitative estimate of drug-likeness (QED) is 0.224. The molecule has 0 saturated heterocycles. The average Bonchev–Trinajstić information content (AvgIpc) is 2.41. The zero-order chi connectivity index (χ0) is 17.9. The number of likely N-dealkylation sites (N-methyl/N-ethyl adjacent to an activating group) is 1. The lowest BCUT2D eigenvalue weighted by atomic mass is 10.2. The van der Waals surface area contributed by atoms with Crippen molar-refractivity contribution in [3.05, 3.63) is 0 Å². The minimum absolute atomic E-state index is 0.00716. The SMILES string of the molecule is CCCCCC(=O)OCC(O)COP(=O)([O-])OCC[N+](C)(C)C. The van der Waals surface area contributed by atoms with Gasteiger partial charge in [-0.3, -0.25) is 9.36 Å². The lowest BCUT2D eigenvalue weighted by molar-refractivity contribution is -0.870. The summed E-state index contributed by atoms with van der Waals surface area (Å²) in [5, 5.41) is 9.57. The predicted molar refractivity (Wildman–Crippen MR) is 83.5 cm³/mol. The zero-order valence-corrected chi connectivity index (χ0v) is 15.4. The fourth-order valence-corrected chi connectivity index (χ4v) is 2.20. The molecule has 0 aromatic rings. The summed E-state index contributed by atoms with van der Waals surface area (Å²) in [6.45, 7) is 1.70. The van der Waals surface area contributed by atoms with Crippen LogP contribution >= 0.6 is 7.82 Å². The first kappa shape index (κ1) is 22.5. The highest BCUT2D eigenvalue weighted by Gasteiger charge is 2.16. The third-order valence-electron chi connectivity index (χ3n) is 2.86. The molecule has 0 spiro atoms. The maximum Gasteiger partial charge on any atom is 0.305 e. The number of esters is 1. The Morgan fingerprint density at radius 1 is 1.22 bits per heavy atom. The second-order valence-corrected chi connectivity index (χ2v) is 7.79. The van der Waals surface area contributed by atoms with E-state index in [1.165, 1.54) is 0 Å². The molecule has 8 nitrogen and oxygen atoms in total. The van der Waals surface area contributed by atoms with Crippen molar-refractivity contribution in [3.8, 4) is 0 Å². The number of aliphatic hydroxyl groups is 1. The van der Waals surface area contributed by atoms with Gasteiger partial charge in [-0.25, -0.2) is 0 Å². The second-order valence-electron chi connectivity index (χ2n) is 6.38. The van der Waals surface area contributed by atoms with Crippen LogP contribution in [0, 0.1) is 0 Å². The van der Waals surface area contributed by atoms with E-state index in [1.807, 2.05) is 28.1 Å². The Hall–Kier alpha value is -0.500. The van der Waals surface area contributed by atoms with Crippen LogP contribution in [-0.2, 0) is 23.1 Å². The molecule has 0 heterocycles. The summed E-state index contributed by atoms with van der Waals surface area (Å²) < 4.78 is 26.1. The molecule has 0 saturated carbocycles. The molecular formula is C14H30NO7P. The summed E-state index contributed by atoms with van der Waals surface area (Å²) >= 11 is 0. The van der Waals surface area contributed by atoms with Gasteiger partial charge in [-0.05, 0) is 6.42 Å². The molecule has 23 heavy (non-hydrogen) atoms. The minimum Gasteiger partial charge on any atom is -0.756 e. The van der Waals surface area contributed by atoms with E-state index >= 15 is 0 Å². The van der Waals surface area contributed by atoms with E-state index in [0.717, 1.165) is 19.3 Å². The summed E-state index contributed by atoms with van der Waals surface area (Å²) in [4.78, 5) is 22.8. The number of aliphatic hydroxyl groups excluding tert-OH is 1. The van der Waals surface area contributed by atoms with Gasteiger partial charge < -0.3 is 28.3 Å². The Kier molecular flexibility index (Phi) is 10.9. The van der Waals surface area contributed by atoms with Crippen LogP contribution in [0.15, 0.2) is 0 Å². The van der Waals surface area contributed by atoms with Gasteiger partial charge in [0.15, 0.2) is 0 Å². The van der Waals surface area contributed by atoms with Gasteiger partial charge in [-0.1, -0.05) is 19.8 Å². The van der Waals surface area contributed by atoms with E-state index in [-0.39, 0.29) is 19.6 Å². The van der Waals surface area contributed by atoms with E-state index < -0.39 is 26.5 Å². The number of rotatable bonds is 13. The number of carbonyl (C=O) groups excluding carboxylic acids is 1. The maximum atomic E-state index is 11.5. The first-order valence-electron chi connectivity index (χ1n) is 7.80. The molecule has 2 atom stereocenters. The average molecular weight is 355 g/mol. The van der Waals surface area contributed by atoms with Gasteiger partial charge in [0.05, 0.1) is 27.7 Å². The molecule has 0 amide bonds. The van der Waals surface area contributed by atoms with Crippen LogP contribution in [0.25, 0.3) is 0 Å². The summed E-state index contributed by atoms with van der Waals surface area (Å²) in [6, 6.07) is 0. The normalized spacial score (nSPS) is 15.9. The molecule has 2 unspecified atom stereocenters. The van der Waals surface area contributed by atoms with Crippen molar-refractivity contribution in [2.24, 2.45) is 0 Å². The van der Waals surface area contributed by atoms with Gasteiger partial charge in [-0.15, -0.1) is 0 Å². The molecule has 0 aliphatic heterocycles. The highest BCUT2D eigenvalue weighted by Crippen LogP contribution is 2.38. The molecule has 0 bridgehead atoms. The monoisotopic (exact) mass is 355 g/mol. The Morgan fingerprint density at radius 2 is 1.87 bits per heavy atom. The first-order chi connectivity index (χ1) is 10.6. The summed E-state index contributed by atoms with van der Waals surface area (Å²) in [7, 11) is 1.24. The zero-order valence-electron chi connectivity index (χ0n) is 14.5. The third kappa shape index (κ3) is 14.8. The van der Waals surface area contributed by atoms with Crippen LogP contribution in [-0.4, -0.2) is 69.2 Å². The summed E-state index contributed by atoms with van der Waals surface area (Å²) in [5.74, 6) is -0.415. The Morgan fingerprint density at radius 3 is 2.43 bits per heavy atom. The Balaban J connectivity index is 3.87. The number of nitrogens with zero attached hydrogens (tertiary/aromatic N) is 1. The van der Waals surface area contributed by atoms with Crippen molar-refractivity contribution in [3.63, 3.8) is 0 Å². The predicted octanol–water partition coefficient (Wildman–Crippen LogP) is 0.679. The van der Waals surface area contributed by atoms with Gasteiger partial charge in [0.2, 0.25) is 0 Å². The van der Waals surface area contributed by atoms with Gasteiger partial charge >= 0.3 is 5.97 Å². The van der Waals surface area contributed by atoms with Crippen LogP contribution < -0.4 is 4.89 Å².